The molecule has 2 aromatic rings. The van der Waals surface area contributed by atoms with E-state index in [0.29, 0.717) is 49.0 Å². The Morgan fingerprint density at radius 3 is 2.31 bits per heavy atom. The Morgan fingerprint density at radius 1 is 0.846 bits per heavy atom. The van der Waals surface area contributed by atoms with Crippen LogP contribution in [0.25, 0.3) is 0 Å². The molecule has 2 aromatic carbocycles. The molecule has 5 rings (SSSR count). The van der Waals surface area contributed by atoms with Crippen LogP contribution < -0.4 is 4.90 Å². The molecule has 0 aliphatic heterocycles. The molecule has 1 N–H and O–H groups in total. The molecule has 0 aromatic heterocycles. The number of para-hydroxylation sites is 1. The van der Waals surface area contributed by atoms with Gasteiger partial charge in [0, 0.05) is 24.6 Å². The molecule has 5 atom stereocenters. The molecular weight excluding hydrogens is 486 g/mol. The number of ether oxygens (including phenoxy) is 1. The van der Waals surface area contributed by atoms with Crippen molar-refractivity contribution in [3.63, 3.8) is 0 Å². The van der Waals surface area contributed by atoms with Gasteiger partial charge >= 0.3 is 0 Å². The van der Waals surface area contributed by atoms with Crippen molar-refractivity contribution in [2.24, 2.45) is 29.6 Å². The number of hydrogen-bond acceptors (Lipinski definition) is 4. The number of amides is 1. The van der Waals surface area contributed by atoms with Gasteiger partial charge in [-0.25, -0.2) is 0 Å². The molecule has 0 heterocycles. The fourth-order valence-electron chi connectivity index (χ4n) is 7.59. The van der Waals surface area contributed by atoms with E-state index in [2.05, 4.69) is 0 Å². The van der Waals surface area contributed by atoms with Crippen LogP contribution in [-0.4, -0.2) is 36.1 Å². The van der Waals surface area contributed by atoms with Crippen molar-refractivity contribution in [3.05, 3.63) is 66.2 Å². The number of nitrogens with zero attached hydrogens (tertiary/aromatic N) is 1. The Hall–Kier alpha value is -2.50. The number of benzene rings is 2. The SMILES string of the molecule is O=C(CCC1CCCCC1)[C@@H]1[C@@H]2C[C@@H](CCOCC(=O)N(Cc3ccccc3)c3ccccc3)C[C@H]2C[C@H]1O. The number of carbonyl (C=O) groups is 2. The number of fused-ring (bicyclic) bond motifs is 1. The predicted molar refractivity (Wildman–Crippen MR) is 154 cm³/mol. The Bertz CT molecular complexity index is 1050. The number of Topliss-reactive ketones (excluding diaryl/α,β-unsaturated/α-hetero) is 1. The van der Waals surface area contributed by atoms with Crippen LogP contribution in [0.4, 0.5) is 5.69 Å². The van der Waals surface area contributed by atoms with Crippen molar-refractivity contribution in [2.75, 3.05) is 18.1 Å². The molecule has 0 saturated heterocycles. The lowest BCUT2D eigenvalue weighted by Gasteiger charge is -2.24. The van der Waals surface area contributed by atoms with E-state index in [9.17, 15) is 14.7 Å². The zero-order chi connectivity index (χ0) is 27.0. The van der Waals surface area contributed by atoms with E-state index in [0.717, 1.165) is 43.4 Å². The first-order valence-electron chi connectivity index (χ1n) is 15.3. The maximum absolute atomic E-state index is 13.2. The number of aliphatic hydroxyl groups is 1. The van der Waals surface area contributed by atoms with Crippen LogP contribution in [0.15, 0.2) is 60.7 Å². The Labute approximate surface area is 233 Å². The molecule has 0 unspecified atom stereocenters. The lowest BCUT2D eigenvalue weighted by Crippen LogP contribution is -2.33. The molecule has 3 saturated carbocycles. The van der Waals surface area contributed by atoms with Gasteiger partial charge < -0.3 is 14.7 Å². The van der Waals surface area contributed by atoms with Crippen LogP contribution in [0, 0.1) is 29.6 Å². The molecule has 39 heavy (non-hydrogen) atoms. The predicted octanol–water partition coefficient (Wildman–Crippen LogP) is 6.58. The van der Waals surface area contributed by atoms with Gasteiger partial charge in [0.15, 0.2) is 0 Å². The molecule has 5 heteroatoms. The fourth-order valence-corrected chi connectivity index (χ4v) is 7.59. The molecule has 0 radical (unpaired) electrons. The molecule has 3 fully saturated rings. The molecule has 210 valence electrons. The smallest absolute Gasteiger partial charge is 0.253 e. The first kappa shape index (κ1) is 28.0. The summed E-state index contributed by atoms with van der Waals surface area (Å²) in [6.07, 6.45) is 11.4. The van der Waals surface area contributed by atoms with Crippen molar-refractivity contribution in [1.29, 1.82) is 0 Å². The molecular formula is C34H45NO4. The number of rotatable bonds is 12. The first-order valence-corrected chi connectivity index (χ1v) is 15.3. The minimum Gasteiger partial charge on any atom is -0.392 e. The summed E-state index contributed by atoms with van der Waals surface area (Å²) in [6, 6.07) is 19.8. The summed E-state index contributed by atoms with van der Waals surface area (Å²) in [5.41, 5.74) is 1.95. The lowest BCUT2D eigenvalue weighted by atomic mass is 9.81. The number of aliphatic hydroxyl groups excluding tert-OH is 1. The van der Waals surface area contributed by atoms with Crippen molar-refractivity contribution >= 4 is 17.4 Å². The molecule has 3 aliphatic carbocycles. The van der Waals surface area contributed by atoms with Crippen molar-refractivity contribution in [1.82, 2.24) is 0 Å². The maximum atomic E-state index is 13.2. The Morgan fingerprint density at radius 2 is 1.56 bits per heavy atom. The van der Waals surface area contributed by atoms with Crippen molar-refractivity contribution in [3.8, 4) is 0 Å². The Kier molecular flexibility index (Phi) is 9.86. The summed E-state index contributed by atoms with van der Waals surface area (Å²) < 4.78 is 5.91. The summed E-state index contributed by atoms with van der Waals surface area (Å²) in [5.74, 6) is 2.09. The highest BCUT2D eigenvalue weighted by Gasteiger charge is 2.50. The number of hydrogen-bond donors (Lipinski definition) is 1. The van der Waals surface area contributed by atoms with E-state index in [1.54, 1.807) is 4.90 Å². The van der Waals surface area contributed by atoms with Gasteiger partial charge in [0.25, 0.3) is 5.91 Å². The summed E-state index contributed by atoms with van der Waals surface area (Å²) in [4.78, 5) is 28.1. The maximum Gasteiger partial charge on any atom is 0.253 e. The van der Waals surface area contributed by atoms with E-state index in [4.69, 9.17) is 4.74 Å². The van der Waals surface area contributed by atoms with E-state index in [1.807, 2.05) is 60.7 Å². The second-order valence-electron chi connectivity index (χ2n) is 12.2. The van der Waals surface area contributed by atoms with E-state index < -0.39 is 6.10 Å². The van der Waals surface area contributed by atoms with Crippen molar-refractivity contribution < 1.29 is 19.4 Å². The summed E-state index contributed by atoms with van der Waals surface area (Å²) in [7, 11) is 0. The van der Waals surface area contributed by atoms with Gasteiger partial charge in [-0.3, -0.25) is 9.59 Å². The highest BCUT2D eigenvalue weighted by atomic mass is 16.5. The van der Waals surface area contributed by atoms with Gasteiger partial charge in [-0.1, -0.05) is 80.6 Å². The van der Waals surface area contributed by atoms with Crippen LogP contribution in [0.2, 0.25) is 0 Å². The largest absolute Gasteiger partial charge is 0.392 e. The minimum atomic E-state index is -0.456. The van der Waals surface area contributed by atoms with E-state index in [-0.39, 0.29) is 18.4 Å². The molecule has 0 bridgehead atoms. The molecule has 0 spiro atoms. The van der Waals surface area contributed by atoms with Crippen LogP contribution >= 0.6 is 0 Å². The fraction of sp³-hybridized carbons (Fsp3) is 0.588. The third kappa shape index (κ3) is 7.37. The molecule has 3 aliphatic rings. The summed E-state index contributed by atoms with van der Waals surface area (Å²) in [6.45, 7) is 1.12. The number of anilines is 1. The quantitative estimate of drug-likeness (QED) is 0.314. The minimum absolute atomic E-state index is 0.0416. The van der Waals surface area contributed by atoms with Crippen LogP contribution in [0.1, 0.15) is 76.2 Å². The zero-order valence-corrected chi connectivity index (χ0v) is 23.3. The van der Waals surface area contributed by atoms with Gasteiger partial charge in [-0.15, -0.1) is 0 Å². The average Bonchev–Trinajstić information content (AvgIpc) is 3.50. The van der Waals surface area contributed by atoms with Gasteiger partial charge in [0.1, 0.15) is 12.4 Å². The number of ketones is 1. The van der Waals surface area contributed by atoms with Gasteiger partial charge in [-0.2, -0.15) is 0 Å². The van der Waals surface area contributed by atoms with Gasteiger partial charge in [0.05, 0.1) is 12.6 Å². The van der Waals surface area contributed by atoms with Gasteiger partial charge in [0.2, 0.25) is 0 Å². The van der Waals surface area contributed by atoms with Crippen LogP contribution in [-0.2, 0) is 20.9 Å². The first-order chi connectivity index (χ1) is 19.1. The molecule has 1 amide bonds. The summed E-state index contributed by atoms with van der Waals surface area (Å²) >= 11 is 0. The normalized spacial score (nSPS) is 26.8. The second kappa shape index (κ2) is 13.7. The van der Waals surface area contributed by atoms with Crippen LogP contribution in [0.5, 0.6) is 0 Å². The van der Waals surface area contributed by atoms with Gasteiger partial charge in [-0.05, 0) is 73.5 Å². The topological polar surface area (TPSA) is 66.8 Å². The monoisotopic (exact) mass is 531 g/mol. The standard InChI is InChI=1S/C34H45NO4/c36-31(17-16-25-10-4-1-5-11-25)34-30-21-27(20-28(30)22-32(34)37)18-19-39-24-33(38)35(29-14-8-3-9-15-29)23-26-12-6-2-7-13-26/h2-3,6-9,12-15,25,27-28,30,32,34,37H,1,4-5,10-11,16-24H2/t27-,28-,30+,32+,34-/m0/s1. The number of carbonyl (C=O) groups excluding carboxylic acids is 2. The third-order valence-corrected chi connectivity index (χ3v) is 9.61. The second-order valence-corrected chi connectivity index (χ2v) is 12.2. The zero-order valence-electron chi connectivity index (χ0n) is 23.3. The van der Waals surface area contributed by atoms with E-state index >= 15 is 0 Å². The average molecular weight is 532 g/mol. The highest BCUT2D eigenvalue weighted by Crippen LogP contribution is 2.51. The van der Waals surface area contributed by atoms with E-state index in [1.165, 1.54) is 32.1 Å². The Balaban J connectivity index is 1.07. The third-order valence-electron chi connectivity index (χ3n) is 9.61. The van der Waals surface area contributed by atoms with Crippen molar-refractivity contribution in [2.45, 2.75) is 83.3 Å². The molecule has 5 nitrogen and oxygen atoms in total. The lowest BCUT2D eigenvalue weighted by molar-refractivity contribution is -0.127. The highest BCUT2D eigenvalue weighted by molar-refractivity contribution is 5.94. The van der Waals surface area contributed by atoms with Crippen LogP contribution in [0.3, 0.4) is 0 Å². The summed E-state index contributed by atoms with van der Waals surface area (Å²) in [5, 5.41) is 10.7.